The van der Waals surface area contributed by atoms with Crippen LogP contribution in [-0.2, 0) is 4.74 Å². The maximum atomic E-state index is 9.66. The Hall–Kier alpha value is -0.120. The fourth-order valence-electron chi connectivity index (χ4n) is 2.87. The van der Waals surface area contributed by atoms with Crippen molar-refractivity contribution in [2.45, 2.75) is 44.8 Å². The number of hydrogen-bond acceptors (Lipinski definition) is 3. The molecule has 88 valence electrons. The van der Waals surface area contributed by atoms with Gasteiger partial charge in [-0.05, 0) is 31.6 Å². The Bertz CT molecular complexity index is 192. The fourth-order valence-corrected chi connectivity index (χ4v) is 2.87. The number of likely N-dealkylation sites (tertiary alicyclic amines) is 1. The first-order valence-corrected chi connectivity index (χ1v) is 6.29. The summed E-state index contributed by atoms with van der Waals surface area (Å²) < 4.78 is 5.37. The lowest BCUT2D eigenvalue weighted by molar-refractivity contribution is 0.0490. The molecule has 2 fully saturated rings. The normalized spacial score (nSPS) is 34.8. The van der Waals surface area contributed by atoms with Gasteiger partial charge in [0.2, 0.25) is 0 Å². The Balaban J connectivity index is 1.81. The van der Waals surface area contributed by atoms with E-state index in [1.54, 1.807) is 0 Å². The van der Waals surface area contributed by atoms with Gasteiger partial charge in [0, 0.05) is 32.3 Å². The predicted octanol–water partition coefficient (Wildman–Crippen LogP) is 1.26. The molecule has 2 saturated heterocycles. The number of β-amino-alcohol motifs (C(OH)–C–C–N with tert-alkyl or cyclic N) is 1. The molecule has 0 aromatic heterocycles. The molecule has 2 aliphatic heterocycles. The molecule has 0 spiro atoms. The Labute approximate surface area is 92.4 Å². The van der Waals surface area contributed by atoms with Crippen LogP contribution in [0.2, 0.25) is 0 Å². The summed E-state index contributed by atoms with van der Waals surface area (Å²) in [4.78, 5) is 2.49. The summed E-state index contributed by atoms with van der Waals surface area (Å²) in [6.07, 6.45) is 4.45. The van der Waals surface area contributed by atoms with Crippen molar-refractivity contribution in [2.24, 2.45) is 5.92 Å². The lowest BCUT2D eigenvalue weighted by atomic mass is 9.99. The molecule has 0 bridgehead atoms. The lowest BCUT2D eigenvalue weighted by Crippen LogP contribution is -2.36. The van der Waals surface area contributed by atoms with Crippen LogP contribution in [0.5, 0.6) is 0 Å². The number of ether oxygens (including phenoxy) is 1. The third kappa shape index (κ3) is 2.92. The Kier molecular flexibility index (Phi) is 4.00. The summed E-state index contributed by atoms with van der Waals surface area (Å²) in [7, 11) is 0. The Morgan fingerprint density at radius 2 is 2.07 bits per heavy atom. The van der Waals surface area contributed by atoms with Gasteiger partial charge < -0.3 is 9.84 Å². The van der Waals surface area contributed by atoms with E-state index in [1.165, 1.54) is 25.8 Å². The first-order chi connectivity index (χ1) is 7.29. The van der Waals surface area contributed by atoms with E-state index in [0.717, 1.165) is 32.1 Å². The quantitative estimate of drug-likeness (QED) is 0.766. The zero-order chi connectivity index (χ0) is 10.7. The highest BCUT2D eigenvalue weighted by atomic mass is 16.5. The summed E-state index contributed by atoms with van der Waals surface area (Å²) in [5.41, 5.74) is 0. The number of rotatable bonds is 3. The minimum atomic E-state index is -0.0882. The topological polar surface area (TPSA) is 32.7 Å². The largest absolute Gasteiger partial charge is 0.392 e. The van der Waals surface area contributed by atoms with E-state index in [9.17, 15) is 5.11 Å². The van der Waals surface area contributed by atoms with Crippen molar-refractivity contribution in [3.05, 3.63) is 0 Å². The first-order valence-electron chi connectivity index (χ1n) is 6.29. The van der Waals surface area contributed by atoms with Crippen molar-refractivity contribution in [3.63, 3.8) is 0 Å². The third-order valence-electron chi connectivity index (χ3n) is 3.81. The van der Waals surface area contributed by atoms with Crippen molar-refractivity contribution in [2.75, 3.05) is 26.3 Å². The van der Waals surface area contributed by atoms with E-state index < -0.39 is 0 Å². The number of aliphatic hydroxyl groups is 1. The van der Waals surface area contributed by atoms with Gasteiger partial charge in [-0.2, -0.15) is 0 Å². The molecule has 2 aliphatic rings. The first kappa shape index (κ1) is 11.4. The van der Waals surface area contributed by atoms with Crippen molar-refractivity contribution >= 4 is 0 Å². The maximum Gasteiger partial charge on any atom is 0.0682 e. The molecule has 1 unspecified atom stereocenters. The van der Waals surface area contributed by atoms with Crippen LogP contribution in [0.3, 0.4) is 0 Å². The molecule has 2 rings (SSSR count). The van der Waals surface area contributed by atoms with Gasteiger partial charge in [-0.15, -0.1) is 0 Å². The van der Waals surface area contributed by atoms with Gasteiger partial charge in [-0.1, -0.05) is 6.92 Å². The van der Waals surface area contributed by atoms with Crippen LogP contribution < -0.4 is 0 Å². The molecule has 2 heterocycles. The highest BCUT2D eigenvalue weighted by molar-refractivity contribution is 4.85. The summed E-state index contributed by atoms with van der Waals surface area (Å²) in [6, 6.07) is 0.614. The molecular formula is C12H23NO2. The average Bonchev–Trinajstić information content (AvgIpc) is 2.60. The van der Waals surface area contributed by atoms with Crippen LogP contribution in [-0.4, -0.2) is 48.5 Å². The van der Waals surface area contributed by atoms with Gasteiger partial charge in [0.15, 0.2) is 0 Å². The van der Waals surface area contributed by atoms with Gasteiger partial charge in [0.25, 0.3) is 0 Å². The van der Waals surface area contributed by atoms with Crippen LogP contribution >= 0.6 is 0 Å². The molecule has 0 aromatic rings. The Morgan fingerprint density at radius 1 is 1.33 bits per heavy atom. The highest BCUT2D eigenvalue weighted by Gasteiger charge is 2.31. The van der Waals surface area contributed by atoms with Crippen molar-refractivity contribution < 1.29 is 9.84 Å². The van der Waals surface area contributed by atoms with E-state index in [4.69, 9.17) is 4.74 Å². The van der Waals surface area contributed by atoms with E-state index in [0.29, 0.717) is 6.04 Å². The summed E-state index contributed by atoms with van der Waals surface area (Å²) in [6.45, 7) is 6.13. The fraction of sp³-hybridized carbons (Fsp3) is 1.00. The molecule has 2 atom stereocenters. The molecular weight excluding hydrogens is 190 g/mol. The van der Waals surface area contributed by atoms with E-state index >= 15 is 0 Å². The second-order valence-corrected chi connectivity index (χ2v) is 4.96. The molecule has 3 nitrogen and oxygen atoms in total. The molecule has 0 amide bonds. The Morgan fingerprint density at radius 3 is 2.73 bits per heavy atom. The molecule has 0 aromatic carbocycles. The van der Waals surface area contributed by atoms with Crippen molar-refractivity contribution in [1.82, 2.24) is 4.90 Å². The monoisotopic (exact) mass is 213 g/mol. The van der Waals surface area contributed by atoms with Crippen molar-refractivity contribution in [3.8, 4) is 0 Å². The third-order valence-corrected chi connectivity index (χ3v) is 3.81. The minimum absolute atomic E-state index is 0.0882. The summed E-state index contributed by atoms with van der Waals surface area (Å²) >= 11 is 0. The predicted molar refractivity (Wildman–Crippen MR) is 59.8 cm³/mol. The van der Waals surface area contributed by atoms with Crippen LogP contribution in [0.1, 0.15) is 32.6 Å². The smallest absolute Gasteiger partial charge is 0.0682 e. The number of nitrogens with zero attached hydrogens (tertiary/aromatic N) is 1. The molecule has 3 heteroatoms. The standard InChI is InChI=1S/C12H23NO2/c1-2-11-7-12(14)9-13(11)8-10-3-5-15-6-4-10/h10-12,14H,2-9H2,1H3/t11?,12-/m0/s1. The molecule has 15 heavy (non-hydrogen) atoms. The molecule has 0 radical (unpaired) electrons. The maximum absolute atomic E-state index is 9.66. The van der Waals surface area contributed by atoms with Gasteiger partial charge in [0.1, 0.15) is 0 Å². The van der Waals surface area contributed by atoms with Gasteiger partial charge in [-0.3, -0.25) is 4.90 Å². The summed E-state index contributed by atoms with van der Waals surface area (Å²) in [5.74, 6) is 0.790. The van der Waals surface area contributed by atoms with Gasteiger partial charge in [0.05, 0.1) is 6.10 Å². The minimum Gasteiger partial charge on any atom is -0.392 e. The highest BCUT2D eigenvalue weighted by Crippen LogP contribution is 2.24. The second-order valence-electron chi connectivity index (χ2n) is 4.96. The van der Waals surface area contributed by atoms with E-state index in [-0.39, 0.29) is 6.10 Å². The van der Waals surface area contributed by atoms with Crippen LogP contribution in [0.15, 0.2) is 0 Å². The molecule has 1 N–H and O–H groups in total. The van der Waals surface area contributed by atoms with Crippen molar-refractivity contribution in [1.29, 1.82) is 0 Å². The molecule has 0 saturated carbocycles. The zero-order valence-electron chi connectivity index (χ0n) is 9.69. The van der Waals surface area contributed by atoms with Gasteiger partial charge in [-0.25, -0.2) is 0 Å². The van der Waals surface area contributed by atoms with Crippen LogP contribution in [0, 0.1) is 5.92 Å². The van der Waals surface area contributed by atoms with Gasteiger partial charge >= 0.3 is 0 Å². The molecule has 0 aliphatic carbocycles. The van der Waals surface area contributed by atoms with Crippen LogP contribution in [0.4, 0.5) is 0 Å². The van der Waals surface area contributed by atoms with E-state index in [2.05, 4.69) is 11.8 Å². The average molecular weight is 213 g/mol. The number of aliphatic hydroxyl groups excluding tert-OH is 1. The second kappa shape index (κ2) is 5.28. The zero-order valence-corrected chi connectivity index (χ0v) is 9.69. The summed E-state index contributed by atoms with van der Waals surface area (Å²) in [5, 5.41) is 9.66. The number of hydrogen-bond donors (Lipinski definition) is 1. The van der Waals surface area contributed by atoms with Crippen LogP contribution in [0.25, 0.3) is 0 Å². The lowest BCUT2D eigenvalue weighted by Gasteiger charge is -2.30. The van der Waals surface area contributed by atoms with E-state index in [1.807, 2.05) is 0 Å². The SMILES string of the molecule is CCC1C[C@H](O)CN1CC1CCOCC1.